The van der Waals surface area contributed by atoms with Crippen molar-refractivity contribution in [2.45, 2.75) is 39.5 Å². The zero-order valence-corrected chi connectivity index (χ0v) is 22.0. The first-order valence-corrected chi connectivity index (χ1v) is 12.6. The van der Waals surface area contributed by atoms with Crippen LogP contribution in [0.15, 0.2) is 79.0 Å². The molecule has 5 rings (SSSR count). The van der Waals surface area contributed by atoms with Gasteiger partial charge < -0.3 is 20.9 Å². The number of alkyl carbamates (subject to hydrolysis) is 1. The minimum Gasteiger partial charge on any atom is -0.444 e. The van der Waals surface area contributed by atoms with Gasteiger partial charge in [0.25, 0.3) is 0 Å². The van der Waals surface area contributed by atoms with Gasteiger partial charge in [-0.3, -0.25) is 4.57 Å². The van der Waals surface area contributed by atoms with Crippen LogP contribution in [0.3, 0.4) is 0 Å². The summed E-state index contributed by atoms with van der Waals surface area (Å²) < 4.78 is 7.28. The third-order valence-corrected chi connectivity index (χ3v) is 6.05. The van der Waals surface area contributed by atoms with E-state index in [1.807, 2.05) is 98.1 Å². The molecule has 9 heteroatoms. The summed E-state index contributed by atoms with van der Waals surface area (Å²) in [7, 11) is 0. The maximum absolute atomic E-state index is 12.1. The van der Waals surface area contributed by atoms with E-state index in [0.29, 0.717) is 34.9 Å². The van der Waals surface area contributed by atoms with Crippen molar-refractivity contribution in [3.05, 3.63) is 90.1 Å². The van der Waals surface area contributed by atoms with E-state index in [1.165, 1.54) is 0 Å². The number of hydrogen-bond acceptors (Lipinski definition) is 7. The number of ether oxygens (including phenoxy) is 1. The number of nitrogens with two attached hydrogens (primary N) is 1. The summed E-state index contributed by atoms with van der Waals surface area (Å²) in [6, 6.07) is 23.0. The average molecular weight is 523 g/mol. The van der Waals surface area contributed by atoms with E-state index in [9.17, 15) is 9.90 Å². The van der Waals surface area contributed by atoms with Crippen LogP contribution in [0.1, 0.15) is 31.9 Å². The monoisotopic (exact) mass is 522 g/mol. The number of benzene rings is 2. The number of nitrogen functional groups attached to an aromatic ring is 1. The lowest BCUT2D eigenvalue weighted by atomic mass is 10.1. The van der Waals surface area contributed by atoms with E-state index < -0.39 is 11.7 Å². The summed E-state index contributed by atoms with van der Waals surface area (Å²) >= 11 is 0. The zero-order chi connectivity index (χ0) is 27.6. The normalized spacial score (nSPS) is 11.5. The van der Waals surface area contributed by atoms with Crippen LogP contribution in [0.25, 0.3) is 39.5 Å². The lowest BCUT2D eigenvalue weighted by molar-refractivity contribution is 0.0523. The lowest BCUT2D eigenvalue weighted by Crippen LogP contribution is -2.32. The Balaban J connectivity index is 1.55. The van der Waals surface area contributed by atoms with Crippen molar-refractivity contribution in [2.24, 2.45) is 0 Å². The van der Waals surface area contributed by atoms with E-state index >= 15 is 0 Å². The second-order valence-corrected chi connectivity index (χ2v) is 10.1. The number of carbonyl (C=O) groups excluding carboxylic acids is 1. The van der Waals surface area contributed by atoms with Crippen LogP contribution >= 0.6 is 0 Å². The number of hydrogen-bond donors (Lipinski definition) is 3. The second-order valence-electron chi connectivity index (χ2n) is 10.1. The fourth-order valence-electron chi connectivity index (χ4n) is 4.18. The molecule has 39 heavy (non-hydrogen) atoms. The predicted molar refractivity (Wildman–Crippen MR) is 151 cm³/mol. The summed E-state index contributed by atoms with van der Waals surface area (Å²) in [6.07, 6.45) is 1.18. The zero-order valence-electron chi connectivity index (χ0n) is 22.0. The number of carbonyl (C=O) groups is 1. The molecule has 5 aromatic rings. The van der Waals surface area contributed by atoms with Gasteiger partial charge >= 0.3 is 6.09 Å². The smallest absolute Gasteiger partial charge is 0.407 e. The van der Waals surface area contributed by atoms with Crippen LogP contribution in [0.2, 0.25) is 0 Å². The molecule has 0 atom stereocenters. The van der Waals surface area contributed by atoms with Crippen LogP contribution in [-0.4, -0.2) is 36.3 Å². The Bertz CT molecular complexity index is 1620. The third-order valence-electron chi connectivity index (χ3n) is 6.05. The summed E-state index contributed by atoms with van der Waals surface area (Å²) in [4.78, 5) is 26.2. The molecule has 4 N–H and O–H groups in total. The molecule has 3 aromatic heterocycles. The molecule has 1 amide bonds. The van der Waals surface area contributed by atoms with Crippen molar-refractivity contribution >= 4 is 23.1 Å². The van der Waals surface area contributed by atoms with Crippen LogP contribution in [0.4, 0.5) is 10.6 Å². The minimum absolute atomic E-state index is 0.0152. The quantitative estimate of drug-likeness (QED) is 0.278. The largest absolute Gasteiger partial charge is 0.444 e. The van der Waals surface area contributed by atoms with Crippen molar-refractivity contribution in [3.63, 3.8) is 0 Å². The number of anilines is 1. The van der Waals surface area contributed by atoms with Gasteiger partial charge in [0.05, 0.1) is 17.9 Å². The van der Waals surface area contributed by atoms with Crippen LogP contribution < -0.4 is 11.1 Å². The highest BCUT2D eigenvalue weighted by molar-refractivity contribution is 5.84. The molecule has 2 aromatic carbocycles. The molecule has 0 saturated heterocycles. The van der Waals surface area contributed by atoms with Gasteiger partial charge in [0.1, 0.15) is 16.9 Å². The van der Waals surface area contributed by atoms with Crippen molar-refractivity contribution in [1.29, 1.82) is 0 Å². The van der Waals surface area contributed by atoms with E-state index in [4.69, 9.17) is 20.4 Å². The molecular formula is C30H30N6O3. The highest BCUT2D eigenvalue weighted by Gasteiger charge is 2.19. The van der Waals surface area contributed by atoms with Gasteiger partial charge in [0.15, 0.2) is 11.5 Å². The highest BCUT2D eigenvalue weighted by Crippen LogP contribution is 2.31. The maximum atomic E-state index is 12.1. The van der Waals surface area contributed by atoms with E-state index in [-0.39, 0.29) is 6.61 Å². The second kappa shape index (κ2) is 10.5. The SMILES string of the molecule is CC(C)(C)OC(=O)NCc1ccc(-n2c(-c3cccnc3N)nc3ccc(-c4ccc(CO)cc4)nc32)cc1. The summed E-state index contributed by atoms with van der Waals surface area (Å²) in [5.41, 5.74) is 12.0. The Morgan fingerprint density at radius 3 is 2.36 bits per heavy atom. The number of fused-ring (bicyclic) bond motifs is 1. The fraction of sp³-hybridized carbons (Fsp3) is 0.200. The van der Waals surface area contributed by atoms with Gasteiger partial charge in [0, 0.05) is 24.0 Å². The lowest BCUT2D eigenvalue weighted by Gasteiger charge is -2.19. The van der Waals surface area contributed by atoms with Crippen molar-refractivity contribution in [2.75, 3.05) is 5.73 Å². The summed E-state index contributed by atoms with van der Waals surface area (Å²) in [5.74, 6) is 0.988. The first kappa shape index (κ1) is 25.9. The minimum atomic E-state index is -0.562. The Labute approximate surface area is 226 Å². The summed E-state index contributed by atoms with van der Waals surface area (Å²) in [6.45, 7) is 5.79. The van der Waals surface area contributed by atoms with Gasteiger partial charge in [-0.2, -0.15) is 0 Å². The predicted octanol–water partition coefficient (Wildman–Crippen LogP) is 5.25. The number of rotatable bonds is 6. The number of aromatic nitrogens is 4. The molecule has 9 nitrogen and oxygen atoms in total. The molecule has 0 fully saturated rings. The van der Waals surface area contributed by atoms with Crippen molar-refractivity contribution < 1.29 is 14.6 Å². The van der Waals surface area contributed by atoms with E-state index in [0.717, 1.165) is 28.1 Å². The molecule has 0 aliphatic heterocycles. The number of nitrogens with one attached hydrogen (secondary N) is 1. The number of aliphatic hydroxyl groups is 1. The van der Waals surface area contributed by atoms with E-state index in [2.05, 4.69) is 10.3 Å². The molecule has 3 heterocycles. The molecule has 0 unspecified atom stereocenters. The Hall–Kier alpha value is -4.76. The number of nitrogens with zero attached hydrogens (tertiary/aromatic N) is 4. The number of aliphatic hydroxyl groups excluding tert-OH is 1. The molecular weight excluding hydrogens is 492 g/mol. The molecule has 198 valence electrons. The van der Waals surface area contributed by atoms with Gasteiger partial charge in [-0.25, -0.2) is 19.7 Å². The molecule has 0 bridgehead atoms. The highest BCUT2D eigenvalue weighted by atomic mass is 16.6. The van der Waals surface area contributed by atoms with Gasteiger partial charge in [-0.15, -0.1) is 0 Å². The maximum Gasteiger partial charge on any atom is 0.407 e. The Morgan fingerprint density at radius 1 is 0.974 bits per heavy atom. The number of imidazole rings is 1. The van der Waals surface area contributed by atoms with Crippen LogP contribution in [-0.2, 0) is 17.9 Å². The van der Waals surface area contributed by atoms with Gasteiger partial charge in [-0.1, -0.05) is 36.4 Å². The molecule has 0 aliphatic rings. The van der Waals surface area contributed by atoms with Gasteiger partial charge in [-0.05, 0) is 68.3 Å². The first-order chi connectivity index (χ1) is 18.7. The molecule has 0 radical (unpaired) electrons. The fourth-order valence-corrected chi connectivity index (χ4v) is 4.18. The topological polar surface area (TPSA) is 128 Å². The van der Waals surface area contributed by atoms with Gasteiger partial charge in [0.2, 0.25) is 0 Å². The van der Waals surface area contributed by atoms with Crippen molar-refractivity contribution in [3.8, 4) is 28.3 Å². The number of amides is 1. The number of pyridine rings is 2. The first-order valence-electron chi connectivity index (χ1n) is 12.6. The molecule has 0 aliphatic carbocycles. The van der Waals surface area contributed by atoms with Crippen LogP contribution in [0, 0.1) is 0 Å². The van der Waals surface area contributed by atoms with Crippen LogP contribution in [0.5, 0.6) is 0 Å². The Morgan fingerprint density at radius 2 is 1.69 bits per heavy atom. The average Bonchev–Trinajstić information content (AvgIpc) is 3.30. The standard InChI is InChI=1S/C30H30N6O3/c1-30(2,3)39-29(38)33-17-19-8-12-22(13-9-19)36-27(23-5-4-16-32-26(23)31)35-25-15-14-24(34-28(25)36)21-10-6-20(18-37)7-11-21/h4-16,37H,17-18H2,1-3H3,(H2,31,32)(H,33,38). The van der Waals surface area contributed by atoms with E-state index in [1.54, 1.807) is 6.20 Å². The Kier molecular flexibility index (Phi) is 7.00. The summed E-state index contributed by atoms with van der Waals surface area (Å²) in [5, 5.41) is 12.2. The molecule has 0 spiro atoms. The van der Waals surface area contributed by atoms with Crippen molar-refractivity contribution in [1.82, 2.24) is 24.8 Å². The third kappa shape index (κ3) is 5.73. The molecule has 0 saturated carbocycles.